The van der Waals surface area contributed by atoms with Crippen LogP contribution in [0, 0.1) is 0 Å². The smallest absolute Gasteiger partial charge is 0.303 e. The van der Waals surface area contributed by atoms with Crippen molar-refractivity contribution in [2.45, 2.75) is 44.5 Å². The lowest BCUT2D eigenvalue weighted by atomic mass is 9.97. The van der Waals surface area contributed by atoms with Crippen molar-refractivity contribution in [2.75, 3.05) is 6.61 Å². The molecule has 5 atom stereocenters. The van der Waals surface area contributed by atoms with Crippen LogP contribution in [-0.4, -0.2) is 59.4 Å². The molecule has 0 bridgehead atoms. The standard InChI is InChI=1S/C10H15N3O7/c1-4(14)18-3-6-8(16)9(19-5(2)15)7(12-13-11)10(17)20-6/h6-10,16-17H,3H2,1-2H3/t6-,7-,8-,9-,10-/m1/s1. The zero-order valence-corrected chi connectivity index (χ0v) is 10.9. The third kappa shape index (κ3) is 4.07. The highest BCUT2D eigenvalue weighted by atomic mass is 16.6. The van der Waals surface area contributed by atoms with E-state index in [0.717, 1.165) is 13.8 Å². The number of hydrogen-bond acceptors (Lipinski definition) is 8. The maximum Gasteiger partial charge on any atom is 0.303 e. The summed E-state index contributed by atoms with van der Waals surface area (Å²) in [5.41, 5.74) is 8.42. The van der Waals surface area contributed by atoms with Gasteiger partial charge in [0.25, 0.3) is 0 Å². The first-order valence-corrected chi connectivity index (χ1v) is 5.73. The predicted molar refractivity (Wildman–Crippen MR) is 62.0 cm³/mol. The van der Waals surface area contributed by atoms with Crippen molar-refractivity contribution in [1.29, 1.82) is 0 Å². The minimum absolute atomic E-state index is 0.339. The molecule has 0 aromatic carbocycles. The zero-order valence-electron chi connectivity index (χ0n) is 10.9. The molecule has 1 rings (SSSR count). The second kappa shape index (κ2) is 7.06. The van der Waals surface area contributed by atoms with Crippen LogP contribution in [0.4, 0.5) is 0 Å². The molecule has 1 heterocycles. The molecular weight excluding hydrogens is 274 g/mol. The lowest BCUT2D eigenvalue weighted by molar-refractivity contribution is -0.255. The maximum atomic E-state index is 11.0. The van der Waals surface area contributed by atoms with Gasteiger partial charge in [-0.3, -0.25) is 9.59 Å². The van der Waals surface area contributed by atoms with Gasteiger partial charge in [0.05, 0.1) is 0 Å². The lowest BCUT2D eigenvalue weighted by Gasteiger charge is -2.40. The van der Waals surface area contributed by atoms with Gasteiger partial charge in [0.1, 0.15) is 31.0 Å². The molecule has 2 N–H and O–H groups in total. The van der Waals surface area contributed by atoms with Crippen LogP contribution in [0.1, 0.15) is 13.8 Å². The van der Waals surface area contributed by atoms with Crippen LogP contribution in [-0.2, 0) is 23.8 Å². The van der Waals surface area contributed by atoms with E-state index in [1.807, 2.05) is 0 Å². The molecule has 20 heavy (non-hydrogen) atoms. The highest BCUT2D eigenvalue weighted by Crippen LogP contribution is 2.25. The first-order chi connectivity index (χ1) is 9.36. The summed E-state index contributed by atoms with van der Waals surface area (Å²) >= 11 is 0. The van der Waals surface area contributed by atoms with Gasteiger partial charge in [-0.1, -0.05) is 5.11 Å². The molecule has 0 amide bonds. The van der Waals surface area contributed by atoms with E-state index in [4.69, 9.17) is 15.0 Å². The molecule has 0 unspecified atom stereocenters. The Morgan fingerprint density at radius 1 is 1.35 bits per heavy atom. The van der Waals surface area contributed by atoms with E-state index in [-0.39, 0.29) is 6.61 Å². The molecule has 0 aromatic heterocycles. The first-order valence-electron chi connectivity index (χ1n) is 5.73. The summed E-state index contributed by atoms with van der Waals surface area (Å²) < 4.78 is 14.5. The van der Waals surface area contributed by atoms with Crippen molar-refractivity contribution < 1.29 is 34.0 Å². The van der Waals surface area contributed by atoms with E-state index in [9.17, 15) is 19.8 Å². The minimum atomic E-state index is -1.60. The number of carbonyl (C=O) groups excluding carboxylic acids is 2. The van der Waals surface area contributed by atoms with E-state index in [0.29, 0.717) is 0 Å². The van der Waals surface area contributed by atoms with Gasteiger partial charge in [0.2, 0.25) is 0 Å². The van der Waals surface area contributed by atoms with Crippen molar-refractivity contribution in [3.63, 3.8) is 0 Å². The largest absolute Gasteiger partial charge is 0.463 e. The minimum Gasteiger partial charge on any atom is -0.463 e. The van der Waals surface area contributed by atoms with Crippen molar-refractivity contribution >= 4 is 11.9 Å². The summed E-state index contributed by atoms with van der Waals surface area (Å²) in [7, 11) is 0. The van der Waals surface area contributed by atoms with Crippen LogP contribution >= 0.6 is 0 Å². The molecule has 10 heteroatoms. The van der Waals surface area contributed by atoms with Gasteiger partial charge in [-0.15, -0.1) is 0 Å². The van der Waals surface area contributed by atoms with Crippen LogP contribution in [0.3, 0.4) is 0 Å². The summed E-state index contributed by atoms with van der Waals surface area (Å²) in [5, 5.41) is 23.0. The van der Waals surface area contributed by atoms with Crippen molar-refractivity contribution in [3.8, 4) is 0 Å². The van der Waals surface area contributed by atoms with Gasteiger partial charge in [0, 0.05) is 18.8 Å². The van der Waals surface area contributed by atoms with Crippen LogP contribution < -0.4 is 0 Å². The number of rotatable bonds is 4. The molecule has 1 fully saturated rings. The van der Waals surface area contributed by atoms with E-state index >= 15 is 0 Å². The Labute approximate surface area is 113 Å². The topological polar surface area (TPSA) is 151 Å². The molecule has 0 saturated carbocycles. The first kappa shape index (κ1) is 16.2. The van der Waals surface area contributed by atoms with Crippen molar-refractivity contribution in [3.05, 3.63) is 10.4 Å². The van der Waals surface area contributed by atoms with E-state index in [1.165, 1.54) is 0 Å². The van der Waals surface area contributed by atoms with Gasteiger partial charge >= 0.3 is 11.9 Å². The summed E-state index contributed by atoms with van der Waals surface area (Å²) in [6, 6.07) is -1.30. The number of hydrogen-bond donors (Lipinski definition) is 2. The van der Waals surface area contributed by atoms with Gasteiger partial charge in [-0.25, -0.2) is 0 Å². The molecule has 1 saturated heterocycles. The number of aliphatic hydroxyl groups is 2. The van der Waals surface area contributed by atoms with E-state index < -0.39 is 42.6 Å². The van der Waals surface area contributed by atoms with Crippen molar-refractivity contribution in [1.82, 2.24) is 0 Å². The van der Waals surface area contributed by atoms with E-state index in [1.54, 1.807) is 0 Å². The van der Waals surface area contributed by atoms with Crippen molar-refractivity contribution in [2.24, 2.45) is 5.11 Å². The SMILES string of the molecule is CC(=O)OC[C@H]1O[C@@H](O)[C@H](N=[N+]=[N-])[C@@H](OC(C)=O)[C@@H]1O. The molecule has 112 valence electrons. The summed E-state index contributed by atoms with van der Waals surface area (Å²) in [6.07, 6.45) is -5.42. The second-order valence-electron chi connectivity index (χ2n) is 4.13. The third-order valence-electron chi connectivity index (χ3n) is 2.60. The number of esters is 2. The Morgan fingerprint density at radius 2 is 2.00 bits per heavy atom. The Morgan fingerprint density at radius 3 is 2.50 bits per heavy atom. The molecule has 0 spiro atoms. The Balaban J connectivity index is 2.88. The molecule has 0 aliphatic carbocycles. The highest BCUT2D eigenvalue weighted by Gasteiger charge is 2.46. The Hall–Kier alpha value is -1.87. The third-order valence-corrected chi connectivity index (χ3v) is 2.60. The fourth-order valence-corrected chi connectivity index (χ4v) is 1.77. The van der Waals surface area contributed by atoms with Crippen LogP contribution in [0.2, 0.25) is 0 Å². The Kier molecular flexibility index (Phi) is 5.71. The van der Waals surface area contributed by atoms with Crippen LogP contribution in [0.25, 0.3) is 10.4 Å². The van der Waals surface area contributed by atoms with Gasteiger partial charge in [0.15, 0.2) is 6.29 Å². The summed E-state index contributed by atoms with van der Waals surface area (Å²) in [6.45, 7) is 1.93. The van der Waals surface area contributed by atoms with Gasteiger partial charge < -0.3 is 24.4 Å². The molecule has 10 nitrogen and oxygen atoms in total. The number of azide groups is 1. The maximum absolute atomic E-state index is 11.0. The molecule has 0 radical (unpaired) electrons. The monoisotopic (exact) mass is 289 g/mol. The average Bonchev–Trinajstić information content (AvgIpc) is 2.35. The highest BCUT2D eigenvalue weighted by molar-refractivity contribution is 5.66. The van der Waals surface area contributed by atoms with E-state index in [2.05, 4.69) is 14.8 Å². The fourth-order valence-electron chi connectivity index (χ4n) is 1.77. The fraction of sp³-hybridized carbons (Fsp3) is 0.800. The molecule has 1 aliphatic heterocycles. The number of ether oxygens (including phenoxy) is 3. The Bertz CT molecular complexity index is 423. The molecule has 0 aromatic rings. The van der Waals surface area contributed by atoms with Crippen LogP contribution in [0.5, 0.6) is 0 Å². The number of aliphatic hydroxyl groups excluding tert-OH is 2. The van der Waals surface area contributed by atoms with Gasteiger partial charge in [-0.2, -0.15) is 0 Å². The summed E-state index contributed by atoms with van der Waals surface area (Å²) in [4.78, 5) is 24.2. The van der Waals surface area contributed by atoms with Crippen LogP contribution in [0.15, 0.2) is 5.11 Å². The molecular formula is C10H15N3O7. The summed E-state index contributed by atoms with van der Waals surface area (Å²) in [5.74, 6) is -1.33. The predicted octanol–water partition coefficient (Wildman–Crippen LogP) is -0.762. The lowest BCUT2D eigenvalue weighted by Crippen LogP contribution is -2.59. The average molecular weight is 289 g/mol. The normalized spacial score (nSPS) is 32.9. The van der Waals surface area contributed by atoms with Gasteiger partial charge in [-0.05, 0) is 5.53 Å². The molecule has 1 aliphatic rings. The zero-order chi connectivity index (χ0) is 15.3. The second-order valence-corrected chi connectivity index (χ2v) is 4.13. The quantitative estimate of drug-likeness (QED) is 0.298. The number of carbonyl (C=O) groups is 2. The number of nitrogens with zero attached hydrogens (tertiary/aromatic N) is 3.